The Labute approximate surface area is 205 Å². The summed E-state index contributed by atoms with van der Waals surface area (Å²) in [6, 6.07) is 27.9. The van der Waals surface area contributed by atoms with Gasteiger partial charge in [-0.1, -0.05) is 60.2 Å². The maximum Gasteiger partial charge on any atom is 0.259 e. The lowest BCUT2D eigenvalue weighted by Crippen LogP contribution is -2.25. The summed E-state index contributed by atoms with van der Waals surface area (Å²) in [5.74, 6) is 1.05. The summed E-state index contributed by atoms with van der Waals surface area (Å²) in [7, 11) is 0. The average Bonchev–Trinajstić information content (AvgIpc) is 2.88. The van der Waals surface area contributed by atoms with Crippen molar-refractivity contribution in [1.82, 2.24) is 5.43 Å². The molecule has 0 bridgehead atoms. The number of rotatable bonds is 10. The molecule has 0 aliphatic heterocycles. The molecule has 4 rings (SSSR count). The molecule has 0 fully saturated rings. The van der Waals surface area contributed by atoms with E-state index in [1.165, 1.54) is 16.3 Å². The highest BCUT2D eigenvalue weighted by Gasteiger charge is 2.08. The molecule has 178 valence electrons. The molecule has 0 atom stereocenters. The quantitative estimate of drug-likeness (QED) is 0.232. The molecule has 0 aliphatic rings. The predicted octanol–water partition coefficient (Wildman–Crippen LogP) is 5.69. The fourth-order valence-electron chi connectivity index (χ4n) is 3.64. The molecule has 0 unspecified atom stereocenters. The number of hydrogen-bond donors (Lipinski definition) is 2. The second kappa shape index (κ2) is 11.7. The Morgan fingerprint density at radius 1 is 0.914 bits per heavy atom. The topological polar surface area (TPSA) is 72.0 Å². The standard InChI is InChI=1S/C29H29N3O3/c1-3-34-28-17-22(18-31-32-29(33)19-30-25-14-11-21(2)12-15-25)13-16-27(28)35-20-24-9-6-8-23-7-4-5-10-26(23)24/h4-18,30H,3,19-20H2,1-2H3,(H,32,33)/b31-18-. The monoisotopic (exact) mass is 467 g/mol. The van der Waals surface area contributed by atoms with Gasteiger partial charge in [-0.2, -0.15) is 5.10 Å². The van der Waals surface area contributed by atoms with E-state index < -0.39 is 0 Å². The number of ether oxygens (including phenoxy) is 2. The number of hydrazone groups is 1. The van der Waals surface area contributed by atoms with E-state index in [9.17, 15) is 4.79 Å². The molecule has 6 nitrogen and oxygen atoms in total. The third-order valence-electron chi connectivity index (χ3n) is 5.44. The zero-order chi connectivity index (χ0) is 24.5. The van der Waals surface area contributed by atoms with Crippen molar-refractivity contribution in [3.05, 3.63) is 102 Å². The van der Waals surface area contributed by atoms with Crippen molar-refractivity contribution in [2.45, 2.75) is 20.5 Å². The molecular weight excluding hydrogens is 438 g/mol. The number of anilines is 1. The van der Waals surface area contributed by atoms with E-state index in [1.807, 2.05) is 74.5 Å². The minimum Gasteiger partial charge on any atom is -0.490 e. The van der Waals surface area contributed by atoms with E-state index >= 15 is 0 Å². The highest BCUT2D eigenvalue weighted by Crippen LogP contribution is 2.30. The number of aryl methyl sites for hydroxylation is 1. The van der Waals surface area contributed by atoms with E-state index in [0.29, 0.717) is 24.7 Å². The van der Waals surface area contributed by atoms with Crippen molar-refractivity contribution in [2.75, 3.05) is 18.5 Å². The van der Waals surface area contributed by atoms with Gasteiger partial charge in [0.2, 0.25) is 0 Å². The molecule has 0 heterocycles. The number of benzene rings is 4. The van der Waals surface area contributed by atoms with E-state index in [0.717, 1.165) is 16.8 Å². The third kappa shape index (κ3) is 6.60. The van der Waals surface area contributed by atoms with Crippen LogP contribution >= 0.6 is 0 Å². The van der Waals surface area contributed by atoms with E-state index in [1.54, 1.807) is 6.21 Å². The SMILES string of the molecule is CCOc1cc(/C=N\NC(=O)CNc2ccc(C)cc2)ccc1OCc1cccc2ccccc12. The van der Waals surface area contributed by atoms with Gasteiger partial charge >= 0.3 is 0 Å². The van der Waals surface area contributed by atoms with E-state index in [-0.39, 0.29) is 12.5 Å². The van der Waals surface area contributed by atoms with Crippen LogP contribution in [0.3, 0.4) is 0 Å². The molecule has 0 saturated heterocycles. The smallest absolute Gasteiger partial charge is 0.259 e. The highest BCUT2D eigenvalue weighted by atomic mass is 16.5. The minimum atomic E-state index is -0.234. The lowest BCUT2D eigenvalue weighted by molar-refractivity contribution is -0.119. The van der Waals surface area contributed by atoms with Crippen LogP contribution in [-0.4, -0.2) is 25.3 Å². The first kappa shape index (κ1) is 23.8. The van der Waals surface area contributed by atoms with Gasteiger partial charge in [0, 0.05) is 5.69 Å². The van der Waals surface area contributed by atoms with Crippen LogP contribution in [0.1, 0.15) is 23.6 Å². The summed E-state index contributed by atoms with van der Waals surface area (Å²) in [5, 5.41) is 9.49. The Morgan fingerprint density at radius 3 is 2.54 bits per heavy atom. The van der Waals surface area contributed by atoms with Gasteiger partial charge in [-0.15, -0.1) is 0 Å². The number of amides is 1. The van der Waals surface area contributed by atoms with Crippen molar-refractivity contribution in [3.63, 3.8) is 0 Å². The molecule has 4 aromatic rings. The molecule has 6 heteroatoms. The first-order chi connectivity index (χ1) is 17.1. The summed E-state index contributed by atoms with van der Waals surface area (Å²) in [6.45, 7) is 5.01. The number of nitrogens with one attached hydrogen (secondary N) is 2. The number of carbonyl (C=O) groups excluding carboxylic acids is 1. The van der Waals surface area contributed by atoms with Gasteiger partial charge in [0.15, 0.2) is 11.5 Å². The number of carbonyl (C=O) groups is 1. The van der Waals surface area contributed by atoms with Crippen LogP contribution in [0, 0.1) is 6.92 Å². The third-order valence-corrected chi connectivity index (χ3v) is 5.44. The number of fused-ring (bicyclic) bond motifs is 1. The Bertz CT molecular complexity index is 1310. The molecule has 2 N–H and O–H groups in total. The van der Waals surface area contributed by atoms with Crippen molar-refractivity contribution in [3.8, 4) is 11.5 Å². The highest BCUT2D eigenvalue weighted by molar-refractivity contribution is 5.86. The lowest BCUT2D eigenvalue weighted by atomic mass is 10.1. The van der Waals surface area contributed by atoms with Crippen LogP contribution in [-0.2, 0) is 11.4 Å². The fraction of sp³-hybridized carbons (Fsp3) is 0.172. The van der Waals surface area contributed by atoms with Gasteiger partial charge in [-0.3, -0.25) is 4.79 Å². The van der Waals surface area contributed by atoms with Crippen LogP contribution < -0.4 is 20.2 Å². The first-order valence-corrected chi connectivity index (χ1v) is 11.6. The van der Waals surface area contributed by atoms with Crippen LogP contribution in [0.15, 0.2) is 90.0 Å². The van der Waals surface area contributed by atoms with Crippen molar-refractivity contribution in [1.29, 1.82) is 0 Å². The fourth-order valence-corrected chi connectivity index (χ4v) is 3.64. The summed E-state index contributed by atoms with van der Waals surface area (Å²) in [5.41, 5.74) is 6.49. The number of nitrogens with zero attached hydrogens (tertiary/aromatic N) is 1. The largest absolute Gasteiger partial charge is 0.490 e. The molecule has 0 radical (unpaired) electrons. The lowest BCUT2D eigenvalue weighted by Gasteiger charge is -2.13. The summed E-state index contributed by atoms with van der Waals surface area (Å²) < 4.78 is 11.9. The van der Waals surface area contributed by atoms with Gasteiger partial charge in [0.1, 0.15) is 6.61 Å². The summed E-state index contributed by atoms with van der Waals surface area (Å²) >= 11 is 0. The maximum absolute atomic E-state index is 12.1. The first-order valence-electron chi connectivity index (χ1n) is 11.6. The molecule has 0 spiro atoms. The van der Waals surface area contributed by atoms with E-state index in [4.69, 9.17) is 9.47 Å². The molecule has 35 heavy (non-hydrogen) atoms. The average molecular weight is 468 g/mol. The zero-order valence-electron chi connectivity index (χ0n) is 20.0. The van der Waals surface area contributed by atoms with Gasteiger partial charge in [-0.05, 0) is 66.1 Å². The predicted molar refractivity (Wildman–Crippen MR) is 141 cm³/mol. The van der Waals surface area contributed by atoms with Crippen molar-refractivity contribution in [2.24, 2.45) is 5.10 Å². The normalized spacial score (nSPS) is 10.9. The zero-order valence-corrected chi connectivity index (χ0v) is 20.0. The Kier molecular flexibility index (Phi) is 7.96. The van der Waals surface area contributed by atoms with Crippen LogP contribution in [0.5, 0.6) is 11.5 Å². The molecule has 4 aromatic carbocycles. The Hall–Kier alpha value is -4.32. The molecular formula is C29H29N3O3. The van der Waals surface area contributed by atoms with Gasteiger partial charge in [-0.25, -0.2) is 5.43 Å². The van der Waals surface area contributed by atoms with Gasteiger partial charge < -0.3 is 14.8 Å². The van der Waals surface area contributed by atoms with Crippen molar-refractivity contribution < 1.29 is 14.3 Å². The maximum atomic E-state index is 12.1. The molecule has 0 aliphatic carbocycles. The van der Waals surface area contributed by atoms with Gasteiger partial charge in [0.05, 0.1) is 19.4 Å². The second-order valence-electron chi connectivity index (χ2n) is 8.08. The van der Waals surface area contributed by atoms with Gasteiger partial charge in [0.25, 0.3) is 5.91 Å². The molecule has 0 aromatic heterocycles. The van der Waals surface area contributed by atoms with Crippen LogP contribution in [0.25, 0.3) is 10.8 Å². The molecule has 0 saturated carbocycles. The summed E-state index contributed by atoms with van der Waals surface area (Å²) in [4.78, 5) is 12.1. The molecule has 1 amide bonds. The number of hydrogen-bond acceptors (Lipinski definition) is 5. The van der Waals surface area contributed by atoms with Crippen LogP contribution in [0.2, 0.25) is 0 Å². The summed E-state index contributed by atoms with van der Waals surface area (Å²) in [6.07, 6.45) is 1.58. The van der Waals surface area contributed by atoms with E-state index in [2.05, 4.69) is 40.1 Å². The Balaban J connectivity index is 1.36. The second-order valence-corrected chi connectivity index (χ2v) is 8.08. The van der Waals surface area contributed by atoms with Crippen LogP contribution in [0.4, 0.5) is 5.69 Å². The minimum absolute atomic E-state index is 0.130. The Morgan fingerprint density at radius 2 is 1.71 bits per heavy atom. The van der Waals surface area contributed by atoms with Crippen molar-refractivity contribution >= 4 is 28.6 Å².